The Morgan fingerprint density at radius 3 is 2.75 bits per heavy atom. The highest BCUT2D eigenvalue weighted by atomic mass is 16.4. The van der Waals surface area contributed by atoms with Crippen LogP contribution in [-0.4, -0.2) is 65.5 Å². The molecule has 0 bridgehead atoms. The zero-order valence-corrected chi connectivity index (χ0v) is 11.5. The van der Waals surface area contributed by atoms with Crippen LogP contribution in [0.1, 0.15) is 25.7 Å². The number of hydrogen-bond donors (Lipinski definition) is 2. The average Bonchev–Trinajstić information content (AvgIpc) is 2.62. The van der Waals surface area contributed by atoms with Crippen molar-refractivity contribution in [2.45, 2.75) is 25.7 Å². The summed E-state index contributed by atoms with van der Waals surface area (Å²) in [6.07, 6.45) is 2.52. The first-order valence-electron chi connectivity index (χ1n) is 7.08. The monoisotopic (exact) mass is 283 g/mol. The summed E-state index contributed by atoms with van der Waals surface area (Å²) in [5.74, 6) is -0.931. The predicted octanol–water partition coefficient (Wildman–Crippen LogP) is 0.115. The fourth-order valence-corrected chi connectivity index (χ4v) is 2.82. The van der Waals surface area contributed by atoms with E-state index < -0.39 is 5.97 Å². The summed E-state index contributed by atoms with van der Waals surface area (Å²) in [4.78, 5) is 37.9. The molecule has 1 atom stereocenters. The molecule has 3 amide bonds. The number of hydrogen-bond acceptors (Lipinski definition) is 3. The summed E-state index contributed by atoms with van der Waals surface area (Å²) < 4.78 is 0. The summed E-state index contributed by atoms with van der Waals surface area (Å²) >= 11 is 0. The number of carboxylic acids is 1. The number of amides is 3. The van der Waals surface area contributed by atoms with E-state index in [9.17, 15) is 14.4 Å². The second kappa shape index (κ2) is 6.58. The van der Waals surface area contributed by atoms with Gasteiger partial charge in [0, 0.05) is 32.6 Å². The lowest BCUT2D eigenvalue weighted by molar-refractivity contribution is -0.138. The standard InChI is InChI=1S/C13H21N3O4/c17-11-9-16(6-2-4-14-11)13(20)15-5-1-3-10(8-15)7-12(18)19/h10H,1-9H2,(H,14,17)(H,18,19). The van der Waals surface area contributed by atoms with Crippen molar-refractivity contribution in [3.8, 4) is 0 Å². The summed E-state index contributed by atoms with van der Waals surface area (Å²) in [6, 6.07) is -0.142. The van der Waals surface area contributed by atoms with Gasteiger partial charge in [0.15, 0.2) is 0 Å². The number of carbonyl (C=O) groups is 3. The Balaban J connectivity index is 1.93. The molecule has 7 heteroatoms. The highest BCUT2D eigenvalue weighted by molar-refractivity contribution is 5.84. The lowest BCUT2D eigenvalue weighted by Crippen LogP contribution is -2.49. The lowest BCUT2D eigenvalue weighted by atomic mass is 9.95. The largest absolute Gasteiger partial charge is 0.481 e. The average molecular weight is 283 g/mol. The molecule has 7 nitrogen and oxygen atoms in total. The molecule has 2 aliphatic rings. The Bertz CT molecular complexity index is 399. The molecule has 2 heterocycles. The smallest absolute Gasteiger partial charge is 0.320 e. The first-order valence-corrected chi connectivity index (χ1v) is 7.08. The van der Waals surface area contributed by atoms with Gasteiger partial charge in [0.1, 0.15) is 6.54 Å². The molecule has 0 spiro atoms. The van der Waals surface area contributed by atoms with E-state index in [0.29, 0.717) is 26.2 Å². The summed E-state index contributed by atoms with van der Waals surface area (Å²) in [7, 11) is 0. The molecular weight excluding hydrogens is 262 g/mol. The Kier molecular flexibility index (Phi) is 4.81. The first-order chi connectivity index (χ1) is 9.56. The van der Waals surface area contributed by atoms with Crippen molar-refractivity contribution < 1.29 is 19.5 Å². The fourth-order valence-electron chi connectivity index (χ4n) is 2.82. The van der Waals surface area contributed by atoms with Gasteiger partial charge in [0.05, 0.1) is 0 Å². The van der Waals surface area contributed by atoms with Crippen LogP contribution in [-0.2, 0) is 9.59 Å². The molecule has 2 aliphatic heterocycles. The second-order valence-electron chi connectivity index (χ2n) is 5.46. The molecule has 0 aromatic heterocycles. The molecule has 0 radical (unpaired) electrons. The van der Waals surface area contributed by atoms with Crippen LogP contribution in [0.3, 0.4) is 0 Å². The first kappa shape index (κ1) is 14.6. The molecule has 2 rings (SSSR count). The number of likely N-dealkylation sites (tertiary alicyclic amines) is 1. The quantitative estimate of drug-likeness (QED) is 0.753. The van der Waals surface area contributed by atoms with Crippen LogP contribution < -0.4 is 5.32 Å². The molecule has 0 aliphatic carbocycles. The van der Waals surface area contributed by atoms with E-state index in [4.69, 9.17) is 5.11 Å². The molecule has 2 saturated heterocycles. The number of rotatable bonds is 2. The molecule has 2 N–H and O–H groups in total. The number of urea groups is 1. The Hall–Kier alpha value is -1.79. The maximum atomic E-state index is 12.4. The van der Waals surface area contributed by atoms with Crippen molar-refractivity contribution in [1.29, 1.82) is 0 Å². The highest BCUT2D eigenvalue weighted by Gasteiger charge is 2.29. The van der Waals surface area contributed by atoms with Gasteiger partial charge in [-0.05, 0) is 25.2 Å². The van der Waals surface area contributed by atoms with E-state index in [2.05, 4.69) is 5.32 Å². The number of nitrogens with zero attached hydrogens (tertiary/aromatic N) is 2. The van der Waals surface area contributed by atoms with Crippen LogP contribution in [0.15, 0.2) is 0 Å². The van der Waals surface area contributed by atoms with Gasteiger partial charge < -0.3 is 20.2 Å². The van der Waals surface area contributed by atoms with Crippen LogP contribution in [0.5, 0.6) is 0 Å². The molecule has 20 heavy (non-hydrogen) atoms. The van der Waals surface area contributed by atoms with E-state index >= 15 is 0 Å². The Labute approximate surface area is 117 Å². The van der Waals surface area contributed by atoms with Gasteiger partial charge in [-0.3, -0.25) is 9.59 Å². The number of piperidine rings is 1. The van der Waals surface area contributed by atoms with Crippen molar-refractivity contribution in [2.75, 3.05) is 32.7 Å². The molecule has 0 saturated carbocycles. The van der Waals surface area contributed by atoms with E-state index in [1.165, 1.54) is 0 Å². The van der Waals surface area contributed by atoms with E-state index in [0.717, 1.165) is 19.3 Å². The minimum absolute atomic E-state index is 0.0194. The van der Waals surface area contributed by atoms with Crippen LogP contribution in [0.4, 0.5) is 4.79 Å². The second-order valence-corrected chi connectivity index (χ2v) is 5.46. The molecule has 2 fully saturated rings. The van der Waals surface area contributed by atoms with Gasteiger partial charge in [-0.25, -0.2) is 4.79 Å². The summed E-state index contributed by atoms with van der Waals surface area (Å²) in [5, 5.41) is 11.6. The van der Waals surface area contributed by atoms with Gasteiger partial charge in [-0.1, -0.05) is 0 Å². The zero-order chi connectivity index (χ0) is 14.5. The zero-order valence-electron chi connectivity index (χ0n) is 11.5. The van der Waals surface area contributed by atoms with Crippen molar-refractivity contribution in [1.82, 2.24) is 15.1 Å². The number of carboxylic acid groups (broad SMARTS) is 1. The Morgan fingerprint density at radius 2 is 2.00 bits per heavy atom. The van der Waals surface area contributed by atoms with E-state index in [1.807, 2.05) is 0 Å². The maximum Gasteiger partial charge on any atom is 0.320 e. The molecule has 0 aromatic carbocycles. The number of aliphatic carboxylic acids is 1. The Morgan fingerprint density at radius 1 is 1.25 bits per heavy atom. The maximum absolute atomic E-state index is 12.4. The topological polar surface area (TPSA) is 89.9 Å². The normalized spacial score (nSPS) is 24.0. The molecule has 0 aromatic rings. The van der Waals surface area contributed by atoms with Gasteiger partial charge in [-0.15, -0.1) is 0 Å². The minimum atomic E-state index is -0.821. The third-order valence-corrected chi connectivity index (χ3v) is 3.78. The fraction of sp³-hybridized carbons (Fsp3) is 0.769. The van der Waals surface area contributed by atoms with Crippen molar-refractivity contribution >= 4 is 17.9 Å². The minimum Gasteiger partial charge on any atom is -0.481 e. The van der Waals surface area contributed by atoms with Crippen molar-refractivity contribution in [3.05, 3.63) is 0 Å². The molecular formula is C13H21N3O4. The third-order valence-electron chi connectivity index (χ3n) is 3.78. The van der Waals surface area contributed by atoms with E-state index in [1.54, 1.807) is 9.80 Å². The van der Waals surface area contributed by atoms with Gasteiger partial charge in [0.25, 0.3) is 0 Å². The van der Waals surface area contributed by atoms with Gasteiger partial charge in [0.2, 0.25) is 5.91 Å². The van der Waals surface area contributed by atoms with Crippen LogP contribution in [0, 0.1) is 5.92 Å². The van der Waals surface area contributed by atoms with Gasteiger partial charge in [-0.2, -0.15) is 0 Å². The van der Waals surface area contributed by atoms with E-state index in [-0.39, 0.29) is 30.8 Å². The SMILES string of the molecule is O=C(O)CC1CCCN(C(=O)N2CCCNC(=O)C2)C1. The van der Waals surface area contributed by atoms with Crippen molar-refractivity contribution in [2.24, 2.45) is 5.92 Å². The van der Waals surface area contributed by atoms with Crippen LogP contribution in [0.25, 0.3) is 0 Å². The highest BCUT2D eigenvalue weighted by Crippen LogP contribution is 2.20. The molecule has 1 unspecified atom stereocenters. The van der Waals surface area contributed by atoms with Crippen molar-refractivity contribution in [3.63, 3.8) is 0 Å². The van der Waals surface area contributed by atoms with Crippen LogP contribution >= 0.6 is 0 Å². The number of nitrogens with one attached hydrogen (secondary N) is 1. The molecule has 112 valence electrons. The number of carbonyl (C=O) groups excluding carboxylic acids is 2. The lowest BCUT2D eigenvalue weighted by Gasteiger charge is -2.35. The summed E-state index contributed by atoms with van der Waals surface area (Å²) in [5.41, 5.74) is 0. The third kappa shape index (κ3) is 3.85. The van der Waals surface area contributed by atoms with Gasteiger partial charge >= 0.3 is 12.0 Å². The van der Waals surface area contributed by atoms with Crippen LogP contribution in [0.2, 0.25) is 0 Å². The predicted molar refractivity (Wildman–Crippen MR) is 71.1 cm³/mol. The summed E-state index contributed by atoms with van der Waals surface area (Å²) in [6.45, 7) is 2.39.